The fraction of sp³-hybridized carbons (Fsp3) is 0.359. The predicted octanol–water partition coefficient (Wildman–Crippen LogP) is 33.0. The number of thiophene rings is 7. The van der Waals surface area contributed by atoms with Crippen molar-refractivity contribution in [2.75, 3.05) is 0 Å². The Kier molecular flexibility index (Phi) is 82.9. The molecule has 0 unspecified atom stereocenters. The molecule has 7 aromatic heterocycles. The largest absolute Gasteiger partial charge is 0.152 e. The van der Waals surface area contributed by atoms with Gasteiger partial charge in [0.25, 0.3) is 0 Å². The van der Waals surface area contributed by atoms with Crippen molar-refractivity contribution in [3.63, 3.8) is 0 Å². The maximum Gasteiger partial charge on any atom is 0.0542 e. The van der Waals surface area contributed by atoms with Crippen molar-refractivity contribution in [2.24, 2.45) is 0 Å². The zero-order valence-corrected chi connectivity index (χ0v) is 64.4. The van der Waals surface area contributed by atoms with E-state index < -0.39 is 0 Å². The van der Waals surface area contributed by atoms with Gasteiger partial charge in [-0.15, -0.1) is 68.0 Å². The Morgan fingerprint density at radius 3 is 0.706 bits per heavy atom. The standard InChI is InChI=1S/C14H8S2.C10H6S2.C10H8.C6H4S2.C6H6.C4H4S.14C2H6/c1-3-7-11-9(5-1)13-14(15-11)10-6-2-4-8-12(10)16-13;1-3-11-9-6-8-2-4-12-10(8)5-7(1)9;1-2-6-10-8-4-3-7-9(10)5-1;1-3-7-6-2-4-8-5(1)6;1-2-4-6-5-3-1;1-2-4-5-3-1;14*1-2/h1-8H;1-6H;1-8H;1-4H;1-6H;1-4H;14*1-2H3. The van der Waals surface area contributed by atoms with Crippen LogP contribution in [0.3, 0.4) is 0 Å². The van der Waals surface area contributed by atoms with Gasteiger partial charge < -0.3 is 0 Å². The Balaban J connectivity index is -0.000000162. The average Bonchev–Trinajstić information content (AvgIpc) is 4.62. The van der Waals surface area contributed by atoms with Gasteiger partial charge in [-0.1, -0.05) is 327 Å². The van der Waals surface area contributed by atoms with Gasteiger partial charge >= 0.3 is 0 Å². The molecule has 85 heavy (non-hydrogen) atoms. The molecule has 0 aliphatic carbocycles. The van der Waals surface area contributed by atoms with Crippen LogP contribution in [0, 0.1) is 0 Å². The van der Waals surface area contributed by atoms with E-state index in [2.05, 4.69) is 155 Å². The second-order valence-electron chi connectivity index (χ2n) is 12.5. The summed E-state index contributed by atoms with van der Waals surface area (Å²) in [7, 11) is 0. The van der Waals surface area contributed by atoms with E-state index in [1.165, 1.54) is 69.9 Å². The van der Waals surface area contributed by atoms with Gasteiger partial charge in [0, 0.05) is 39.0 Å². The summed E-state index contributed by atoms with van der Waals surface area (Å²) in [5.74, 6) is 0. The fourth-order valence-corrected chi connectivity index (χ4v) is 12.6. The van der Waals surface area contributed by atoms with Crippen molar-refractivity contribution in [2.45, 2.75) is 194 Å². The highest BCUT2D eigenvalue weighted by Gasteiger charge is 2.10. The smallest absolute Gasteiger partial charge is 0.0542 e. The highest BCUT2D eigenvalue weighted by molar-refractivity contribution is 7.36. The van der Waals surface area contributed by atoms with Crippen LogP contribution in [0.2, 0.25) is 0 Å². The third-order valence-corrected chi connectivity index (χ3v) is 15.6. The summed E-state index contributed by atoms with van der Waals surface area (Å²) in [6, 6.07) is 63.3. The SMILES string of the molecule is CC.CC.CC.CC.CC.CC.CC.CC.CC.CC.CC.CC.CC.CC.c1cc2cc3sccc3cc2s1.c1cc2sccc2s1.c1ccc2c(c1)sc1c3ccccc3sc21.c1ccc2ccccc2c1.c1ccccc1.c1ccsc1. The summed E-state index contributed by atoms with van der Waals surface area (Å²) < 4.78 is 11.3. The van der Waals surface area contributed by atoms with Gasteiger partial charge in [0.15, 0.2) is 0 Å². The molecular weight excluding hydrogens is 1160 g/mol. The van der Waals surface area contributed by atoms with Gasteiger partial charge in [0.05, 0.1) is 9.40 Å². The summed E-state index contributed by atoms with van der Waals surface area (Å²) in [6.07, 6.45) is 0. The molecule has 0 nitrogen and oxygen atoms in total. The minimum absolute atomic E-state index is 1.31. The van der Waals surface area contributed by atoms with Crippen LogP contribution in [0.4, 0.5) is 0 Å². The van der Waals surface area contributed by atoms with E-state index >= 15 is 0 Å². The van der Waals surface area contributed by atoms with Crippen molar-refractivity contribution in [1.29, 1.82) is 0 Å². The van der Waals surface area contributed by atoms with Crippen LogP contribution in [0.25, 0.3) is 69.9 Å². The molecule has 0 spiro atoms. The normalized spacial score (nSPS) is 8.00. The number of hydrogen-bond donors (Lipinski definition) is 0. The molecule has 0 aliphatic heterocycles. The molecule has 0 radical (unpaired) electrons. The number of hydrogen-bond acceptors (Lipinski definition) is 7. The Morgan fingerprint density at radius 1 is 0.188 bits per heavy atom. The van der Waals surface area contributed by atoms with Gasteiger partial charge in [-0.05, 0) is 102 Å². The van der Waals surface area contributed by atoms with Crippen LogP contribution in [-0.4, -0.2) is 0 Å². The van der Waals surface area contributed by atoms with Gasteiger partial charge in [-0.25, -0.2) is 0 Å². The predicted molar refractivity (Wildman–Crippen MR) is 425 cm³/mol. The van der Waals surface area contributed by atoms with E-state index in [-0.39, 0.29) is 0 Å². The van der Waals surface area contributed by atoms with E-state index in [1.807, 2.05) is 299 Å². The number of rotatable bonds is 0. The quantitative estimate of drug-likeness (QED) is 0.142. The first kappa shape index (κ1) is 93.7. The maximum absolute atomic E-state index is 2.27. The molecule has 474 valence electrons. The van der Waals surface area contributed by atoms with Crippen LogP contribution in [0.5, 0.6) is 0 Å². The van der Waals surface area contributed by atoms with Crippen molar-refractivity contribution in [1.82, 2.24) is 0 Å². The Hall–Kier alpha value is -4.96. The first-order valence-electron chi connectivity index (χ1n) is 32.2. The minimum atomic E-state index is 1.31. The average molecular weight is 1280 g/mol. The Labute approximate surface area is 552 Å². The molecule has 13 rings (SSSR count). The van der Waals surface area contributed by atoms with E-state index in [1.54, 1.807) is 34.0 Å². The molecule has 0 aliphatic rings. The lowest BCUT2D eigenvalue weighted by atomic mass is 10.1. The Bertz CT molecular complexity index is 2830. The van der Waals surface area contributed by atoms with Gasteiger partial charge in [-0.2, -0.15) is 11.3 Å². The highest BCUT2D eigenvalue weighted by Crippen LogP contribution is 2.43. The summed E-state index contributed by atoms with van der Waals surface area (Å²) >= 11 is 12.8. The zero-order valence-electron chi connectivity index (χ0n) is 58.6. The molecule has 0 N–H and O–H groups in total. The van der Waals surface area contributed by atoms with Gasteiger partial charge in [0.2, 0.25) is 0 Å². The third-order valence-electron chi connectivity index (χ3n) is 8.74. The molecule has 0 saturated heterocycles. The molecule has 0 amide bonds. The molecule has 0 saturated carbocycles. The van der Waals surface area contributed by atoms with Crippen molar-refractivity contribution >= 4 is 149 Å². The molecule has 7 heteroatoms. The molecule has 13 aromatic rings. The summed E-state index contributed by atoms with van der Waals surface area (Å²) in [4.78, 5) is 0. The first-order chi connectivity index (χ1) is 42.3. The van der Waals surface area contributed by atoms with Crippen LogP contribution >= 0.6 is 79.4 Å². The van der Waals surface area contributed by atoms with Crippen LogP contribution in [-0.2, 0) is 0 Å². The van der Waals surface area contributed by atoms with E-state index in [0.717, 1.165) is 0 Å². The molecule has 7 heterocycles. The van der Waals surface area contributed by atoms with Crippen LogP contribution < -0.4 is 0 Å². The lowest BCUT2D eigenvalue weighted by Gasteiger charge is -1.92. The summed E-state index contributed by atoms with van der Waals surface area (Å²) in [5, 5.41) is 20.8. The highest BCUT2D eigenvalue weighted by atomic mass is 32.1. The third kappa shape index (κ3) is 38.7. The monoisotopic (exact) mass is 1280 g/mol. The molecular formula is C78H120S7. The number of benzene rings is 6. The second kappa shape index (κ2) is 75.1. The van der Waals surface area contributed by atoms with Gasteiger partial charge in [-0.3, -0.25) is 0 Å². The van der Waals surface area contributed by atoms with Crippen molar-refractivity contribution in [3.8, 4) is 0 Å². The van der Waals surface area contributed by atoms with E-state index in [4.69, 9.17) is 0 Å². The Morgan fingerprint density at radius 2 is 0.435 bits per heavy atom. The molecule has 0 bridgehead atoms. The van der Waals surface area contributed by atoms with Gasteiger partial charge in [0.1, 0.15) is 0 Å². The zero-order chi connectivity index (χ0) is 66.5. The lowest BCUT2D eigenvalue weighted by molar-refractivity contribution is 1.50. The molecule has 0 fully saturated rings. The first-order valence-corrected chi connectivity index (χ1v) is 38.3. The van der Waals surface area contributed by atoms with E-state index in [9.17, 15) is 0 Å². The lowest BCUT2D eigenvalue weighted by Crippen LogP contribution is -1.67. The molecule has 0 atom stereocenters. The minimum Gasteiger partial charge on any atom is -0.152 e. The van der Waals surface area contributed by atoms with Crippen LogP contribution in [0.15, 0.2) is 214 Å². The van der Waals surface area contributed by atoms with Crippen molar-refractivity contribution < 1.29 is 0 Å². The summed E-state index contributed by atoms with van der Waals surface area (Å²) in [6.45, 7) is 56.0. The fourth-order valence-electron chi connectivity index (χ4n) is 6.01. The van der Waals surface area contributed by atoms with E-state index in [0.29, 0.717) is 0 Å². The van der Waals surface area contributed by atoms with Crippen LogP contribution in [0.1, 0.15) is 194 Å². The number of fused-ring (bicyclic) bond motifs is 9. The topological polar surface area (TPSA) is 0 Å². The maximum atomic E-state index is 2.27. The second-order valence-corrected chi connectivity index (χ2v) is 19.2. The summed E-state index contributed by atoms with van der Waals surface area (Å²) in [5.41, 5.74) is 0. The van der Waals surface area contributed by atoms with Crippen molar-refractivity contribution in [3.05, 3.63) is 214 Å². The molecule has 6 aromatic carbocycles.